The summed E-state index contributed by atoms with van der Waals surface area (Å²) in [6.45, 7) is 5.56. The Morgan fingerprint density at radius 2 is 1.85 bits per heavy atom. The number of carbonyl (C=O) groups is 2. The van der Waals surface area contributed by atoms with Crippen LogP contribution in [0.5, 0.6) is 0 Å². The molecule has 0 unspecified atom stereocenters. The van der Waals surface area contributed by atoms with E-state index in [9.17, 15) is 9.59 Å². The molecule has 0 radical (unpaired) electrons. The van der Waals surface area contributed by atoms with Crippen LogP contribution in [0.1, 0.15) is 20.8 Å². The van der Waals surface area contributed by atoms with Crippen molar-refractivity contribution in [1.82, 2.24) is 4.90 Å². The molecule has 76 valence electrons. The molecule has 0 aliphatic carbocycles. The van der Waals surface area contributed by atoms with Crippen LogP contribution in [-0.4, -0.2) is 37.5 Å². The molecule has 0 aromatic carbocycles. The fourth-order valence-corrected chi connectivity index (χ4v) is 0.963. The third kappa shape index (κ3) is 2.44. The van der Waals surface area contributed by atoms with Crippen molar-refractivity contribution < 1.29 is 14.3 Å². The van der Waals surface area contributed by atoms with Crippen molar-refractivity contribution in [2.45, 2.75) is 20.8 Å². The normalized spacial score (nSPS) is 10.8. The first-order chi connectivity index (χ1) is 5.87. The van der Waals surface area contributed by atoms with E-state index in [4.69, 9.17) is 0 Å². The van der Waals surface area contributed by atoms with E-state index >= 15 is 0 Å². The van der Waals surface area contributed by atoms with Gasteiger partial charge in [0.25, 0.3) is 0 Å². The van der Waals surface area contributed by atoms with Crippen molar-refractivity contribution in [2.24, 2.45) is 5.41 Å². The first-order valence-corrected chi connectivity index (χ1v) is 4.21. The van der Waals surface area contributed by atoms with E-state index in [2.05, 4.69) is 4.74 Å². The molecule has 13 heavy (non-hydrogen) atoms. The minimum atomic E-state index is -1.08. The summed E-state index contributed by atoms with van der Waals surface area (Å²) in [5.41, 5.74) is -1.08. The number of carbonyl (C=O) groups excluding carboxylic acids is 2. The molecule has 0 heterocycles. The SMILES string of the molecule is CCN(C)C(=O)C(C)(C)C(=O)OC. The number of amides is 1. The molecule has 0 fully saturated rings. The molecule has 4 nitrogen and oxygen atoms in total. The standard InChI is InChI=1S/C9H17NO3/c1-6-10(4)7(11)9(2,3)8(12)13-5/h6H2,1-5H3. The molecule has 0 spiro atoms. The monoisotopic (exact) mass is 187 g/mol. The predicted molar refractivity (Wildman–Crippen MR) is 49.1 cm³/mol. The van der Waals surface area contributed by atoms with E-state index in [0.29, 0.717) is 6.54 Å². The van der Waals surface area contributed by atoms with Crippen LogP contribution in [0.25, 0.3) is 0 Å². The topological polar surface area (TPSA) is 46.6 Å². The highest BCUT2D eigenvalue weighted by atomic mass is 16.5. The second-order valence-electron chi connectivity index (χ2n) is 3.44. The van der Waals surface area contributed by atoms with Gasteiger partial charge >= 0.3 is 5.97 Å². The Hall–Kier alpha value is -1.06. The second-order valence-corrected chi connectivity index (χ2v) is 3.44. The lowest BCUT2D eigenvalue weighted by molar-refractivity contribution is -0.160. The van der Waals surface area contributed by atoms with Crippen molar-refractivity contribution in [3.63, 3.8) is 0 Å². The molecule has 0 rings (SSSR count). The first kappa shape index (κ1) is 11.9. The number of hydrogen-bond acceptors (Lipinski definition) is 3. The van der Waals surface area contributed by atoms with Gasteiger partial charge in [-0.15, -0.1) is 0 Å². The molecule has 0 aliphatic heterocycles. The summed E-state index contributed by atoms with van der Waals surface area (Å²) in [6.07, 6.45) is 0. The molecule has 4 heteroatoms. The highest BCUT2D eigenvalue weighted by Gasteiger charge is 2.38. The zero-order chi connectivity index (χ0) is 10.6. The van der Waals surface area contributed by atoms with Gasteiger partial charge in [0.15, 0.2) is 0 Å². The molecule has 0 atom stereocenters. The zero-order valence-corrected chi connectivity index (χ0v) is 8.88. The van der Waals surface area contributed by atoms with E-state index in [0.717, 1.165) is 0 Å². The Morgan fingerprint density at radius 1 is 1.38 bits per heavy atom. The largest absolute Gasteiger partial charge is 0.468 e. The number of ether oxygens (including phenoxy) is 1. The average molecular weight is 187 g/mol. The van der Waals surface area contributed by atoms with Gasteiger partial charge < -0.3 is 9.64 Å². The number of methoxy groups -OCH3 is 1. The van der Waals surface area contributed by atoms with Gasteiger partial charge in [-0.3, -0.25) is 9.59 Å². The van der Waals surface area contributed by atoms with Crippen LogP contribution in [0.2, 0.25) is 0 Å². The lowest BCUT2D eigenvalue weighted by Crippen LogP contribution is -2.43. The lowest BCUT2D eigenvalue weighted by atomic mass is 9.92. The Labute approximate surface area is 78.9 Å². The van der Waals surface area contributed by atoms with Gasteiger partial charge in [-0.1, -0.05) is 0 Å². The zero-order valence-electron chi connectivity index (χ0n) is 8.88. The van der Waals surface area contributed by atoms with Gasteiger partial charge in [0, 0.05) is 13.6 Å². The smallest absolute Gasteiger partial charge is 0.320 e. The van der Waals surface area contributed by atoms with E-state index in [1.54, 1.807) is 20.9 Å². The van der Waals surface area contributed by atoms with E-state index < -0.39 is 11.4 Å². The summed E-state index contributed by atoms with van der Waals surface area (Å²) in [6, 6.07) is 0. The lowest BCUT2D eigenvalue weighted by Gasteiger charge is -2.25. The van der Waals surface area contributed by atoms with Crippen LogP contribution in [0.15, 0.2) is 0 Å². The van der Waals surface area contributed by atoms with Crippen LogP contribution < -0.4 is 0 Å². The number of nitrogens with zero attached hydrogens (tertiary/aromatic N) is 1. The fraction of sp³-hybridized carbons (Fsp3) is 0.778. The van der Waals surface area contributed by atoms with Crippen molar-refractivity contribution in [3.8, 4) is 0 Å². The minimum absolute atomic E-state index is 0.221. The van der Waals surface area contributed by atoms with Crippen molar-refractivity contribution in [3.05, 3.63) is 0 Å². The number of hydrogen-bond donors (Lipinski definition) is 0. The average Bonchev–Trinajstić information content (AvgIpc) is 2.13. The first-order valence-electron chi connectivity index (χ1n) is 4.21. The van der Waals surface area contributed by atoms with Crippen molar-refractivity contribution in [2.75, 3.05) is 20.7 Å². The third-order valence-electron chi connectivity index (χ3n) is 2.05. The number of esters is 1. The summed E-state index contributed by atoms with van der Waals surface area (Å²) >= 11 is 0. The summed E-state index contributed by atoms with van der Waals surface area (Å²) in [5, 5.41) is 0. The molecule has 0 aromatic rings. The minimum Gasteiger partial charge on any atom is -0.468 e. The maximum absolute atomic E-state index is 11.6. The van der Waals surface area contributed by atoms with E-state index in [1.165, 1.54) is 12.0 Å². The van der Waals surface area contributed by atoms with E-state index in [1.807, 2.05) is 6.92 Å². The Kier molecular flexibility index (Phi) is 3.91. The summed E-state index contributed by atoms with van der Waals surface area (Å²) in [4.78, 5) is 24.3. The molecule has 0 N–H and O–H groups in total. The number of rotatable bonds is 3. The Morgan fingerprint density at radius 3 is 2.15 bits per heavy atom. The molecule has 0 saturated carbocycles. The van der Waals surface area contributed by atoms with Crippen LogP contribution in [0, 0.1) is 5.41 Å². The van der Waals surface area contributed by atoms with Gasteiger partial charge in [-0.05, 0) is 20.8 Å². The quantitative estimate of drug-likeness (QED) is 0.482. The Balaban J connectivity index is 4.63. The van der Waals surface area contributed by atoms with Crippen LogP contribution in [0.4, 0.5) is 0 Å². The maximum atomic E-state index is 11.6. The van der Waals surface area contributed by atoms with Gasteiger partial charge in [0.2, 0.25) is 5.91 Å². The van der Waals surface area contributed by atoms with Gasteiger partial charge in [-0.2, -0.15) is 0 Å². The third-order valence-corrected chi connectivity index (χ3v) is 2.05. The molecular weight excluding hydrogens is 170 g/mol. The molecular formula is C9H17NO3. The van der Waals surface area contributed by atoms with Crippen molar-refractivity contribution >= 4 is 11.9 Å². The van der Waals surface area contributed by atoms with E-state index in [-0.39, 0.29) is 5.91 Å². The van der Waals surface area contributed by atoms with Crippen LogP contribution in [0.3, 0.4) is 0 Å². The summed E-state index contributed by atoms with van der Waals surface area (Å²) < 4.78 is 4.54. The second kappa shape index (κ2) is 4.25. The van der Waals surface area contributed by atoms with Crippen LogP contribution >= 0.6 is 0 Å². The van der Waals surface area contributed by atoms with Crippen LogP contribution in [-0.2, 0) is 14.3 Å². The van der Waals surface area contributed by atoms with Gasteiger partial charge in [-0.25, -0.2) is 0 Å². The van der Waals surface area contributed by atoms with Crippen molar-refractivity contribution in [1.29, 1.82) is 0 Å². The molecule has 0 saturated heterocycles. The molecule has 0 aliphatic rings. The highest BCUT2D eigenvalue weighted by molar-refractivity contribution is 6.01. The maximum Gasteiger partial charge on any atom is 0.320 e. The van der Waals surface area contributed by atoms with Gasteiger partial charge in [0.1, 0.15) is 5.41 Å². The van der Waals surface area contributed by atoms with Gasteiger partial charge in [0.05, 0.1) is 7.11 Å². The Bertz CT molecular complexity index is 211. The summed E-state index contributed by atoms with van der Waals surface area (Å²) in [5.74, 6) is -0.723. The molecule has 0 bridgehead atoms. The fourth-order valence-electron chi connectivity index (χ4n) is 0.963. The summed E-state index contributed by atoms with van der Waals surface area (Å²) in [7, 11) is 2.94. The molecule has 1 amide bonds. The predicted octanol–water partition coefficient (Wildman–Crippen LogP) is 0.664. The molecule has 0 aromatic heterocycles. The highest BCUT2D eigenvalue weighted by Crippen LogP contribution is 2.19.